The largest absolute Gasteiger partial charge is 0.369 e. The molecular formula is C17H20N6. The third-order valence-electron chi connectivity index (χ3n) is 3.68. The quantitative estimate of drug-likeness (QED) is 0.646. The van der Waals surface area contributed by atoms with Crippen molar-refractivity contribution < 1.29 is 0 Å². The van der Waals surface area contributed by atoms with Gasteiger partial charge in [0.15, 0.2) is 5.82 Å². The van der Waals surface area contributed by atoms with Crippen molar-refractivity contribution >= 4 is 29.4 Å². The van der Waals surface area contributed by atoms with Crippen molar-refractivity contribution in [1.29, 1.82) is 0 Å². The van der Waals surface area contributed by atoms with Crippen molar-refractivity contribution in [3.63, 3.8) is 0 Å². The molecular weight excluding hydrogens is 288 g/mol. The van der Waals surface area contributed by atoms with Crippen LogP contribution in [-0.2, 0) is 7.05 Å². The number of aromatic nitrogens is 4. The molecule has 6 heteroatoms. The fourth-order valence-corrected chi connectivity index (χ4v) is 2.52. The van der Waals surface area contributed by atoms with Crippen LogP contribution in [0.1, 0.15) is 30.2 Å². The maximum Gasteiger partial charge on any atom is 0.164 e. The Balaban J connectivity index is 2.10. The molecule has 23 heavy (non-hydrogen) atoms. The van der Waals surface area contributed by atoms with Crippen LogP contribution in [0.15, 0.2) is 29.8 Å². The second-order valence-electron chi connectivity index (χ2n) is 5.83. The molecule has 0 aromatic carbocycles. The maximum atomic E-state index is 4.48. The third kappa shape index (κ3) is 3.21. The van der Waals surface area contributed by atoms with Crippen molar-refractivity contribution in [3.8, 4) is 0 Å². The minimum Gasteiger partial charge on any atom is -0.369 e. The van der Waals surface area contributed by atoms with Crippen LogP contribution in [0.4, 0.5) is 5.82 Å². The first kappa shape index (κ1) is 15.1. The monoisotopic (exact) mass is 308 g/mol. The average Bonchev–Trinajstić information content (AvgIpc) is 2.87. The summed E-state index contributed by atoms with van der Waals surface area (Å²) in [7, 11) is 5.80. The standard InChI is InChI=1S/C17H20N6/c1-12-5-6-13(14-8-21-23(4)9-14)7-15-16(12)17(19-10-18-15)20-11-22(2)3/h5,7-11H,6H2,1-4H3. The predicted molar refractivity (Wildman–Crippen MR) is 93.2 cm³/mol. The normalized spacial score (nSPS) is 14.3. The summed E-state index contributed by atoms with van der Waals surface area (Å²) in [4.78, 5) is 15.2. The minimum atomic E-state index is 0.695. The van der Waals surface area contributed by atoms with Crippen molar-refractivity contribution in [2.24, 2.45) is 12.0 Å². The molecule has 0 spiro atoms. The summed E-state index contributed by atoms with van der Waals surface area (Å²) in [6.45, 7) is 2.08. The molecule has 0 amide bonds. The van der Waals surface area contributed by atoms with Crippen LogP contribution < -0.4 is 0 Å². The Labute approximate surface area is 135 Å². The van der Waals surface area contributed by atoms with E-state index < -0.39 is 0 Å². The SMILES string of the molecule is CC1=CCC(c2cnn(C)c2)=Cc2ncnc(N=CN(C)C)c21. The summed E-state index contributed by atoms with van der Waals surface area (Å²) in [6, 6.07) is 0. The highest BCUT2D eigenvalue weighted by atomic mass is 15.2. The molecule has 0 unspecified atom stereocenters. The molecule has 2 heterocycles. The van der Waals surface area contributed by atoms with Crippen LogP contribution in [0.2, 0.25) is 0 Å². The first-order valence-corrected chi connectivity index (χ1v) is 7.47. The summed E-state index contributed by atoms with van der Waals surface area (Å²) >= 11 is 0. The highest BCUT2D eigenvalue weighted by molar-refractivity contribution is 5.90. The van der Waals surface area contributed by atoms with E-state index in [1.165, 1.54) is 5.57 Å². The second kappa shape index (κ2) is 6.16. The Morgan fingerprint density at radius 3 is 2.83 bits per heavy atom. The first-order valence-electron chi connectivity index (χ1n) is 7.47. The average molecular weight is 308 g/mol. The van der Waals surface area contributed by atoms with E-state index in [4.69, 9.17) is 0 Å². The number of aryl methyl sites for hydroxylation is 1. The molecule has 0 N–H and O–H groups in total. The van der Waals surface area contributed by atoms with E-state index in [1.807, 2.05) is 43.1 Å². The van der Waals surface area contributed by atoms with Crippen molar-refractivity contribution in [2.45, 2.75) is 13.3 Å². The molecule has 0 aliphatic heterocycles. The lowest BCUT2D eigenvalue weighted by Gasteiger charge is -2.08. The highest BCUT2D eigenvalue weighted by Crippen LogP contribution is 2.34. The summed E-state index contributed by atoms with van der Waals surface area (Å²) in [5.74, 6) is 0.695. The van der Waals surface area contributed by atoms with Crippen LogP contribution in [0.25, 0.3) is 17.2 Å². The van der Waals surface area contributed by atoms with Gasteiger partial charge in [-0.2, -0.15) is 5.10 Å². The zero-order valence-electron chi connectivity index (χ0n) is 13.9. The summed E-state index contributed by atoms with van der Waals surface area (Å²) in [6.07, 6.45) is 12.4. The van der Waals surface area contributed by atoms with Gasteiger partial charge in [0, 0.05) is 38.5 Å². The Morgan fingerprint density at radius 2 is 2.13 bits per heavy atom. The number of aliphatic imine (C=N–C) groups is 1. The van der Waals surface area contributed by atoms with Gasteiger partial charge in [0.25, 0.3) is 0 Å². The number of rotatable bonds is 3. The van der Waals surface area contributed by atoms with Gasteiger partial charge in [-0.3, -0.25) is 4.68 Å². The number of nitrogens with zero attached hydrogens (tertiary/aromatic N) is 6. The second-order valence-corrected chi connectivity index (χ2v) is 5.83. The van der Waals surface area contributed by atoms with Gasteiger partial charge < -0.3 is 4.90 Å². The Bertz CT molecular complexity index is 810. The van der Waals surface area contributed by atoms with Crippen LogP contribution in [-0.4, -0.2) is 45.1 Å². The van der Waals surface area contributed by atoms with Gasteiger partial charge in [0.2, 0.25) is 0 Å². The molecule has 0 fully saturated rings. The van der Waals surface area contributed by atoms with Gasteiger partial charge in [-0.25, -0.2) is 15.0 Å². The molecule has 6 nitrogen and oxygen atoms in total. The van der Waals surface area contributed by atoms with Gasteiger partial charge >= 0.3 is 0 Å². The molecule has 0 bridgehead atoms. The van der Waals surface area contributed by atoms with Crippen molar-refractivity contribution in [1.82, 2.24) is 24.6 Å². The predicted octanol–water partition coefficient (Wildman–Crippen LogP) is 2.78. The summed E-state index contributed by atoms with van der Waals surface area (Å²) in [5.41, 5.74) is 5.33. The van der Waals surface area contributed by atoms with Crippen LogP contribution in [0.5, 0.6) is 0 Å². The number of fused-ring (bicyclic) bond motifs is 1. The smallest absolute Gasteiger partial charge is 0.164 e. The number of hydrogen-bond acceptors (Lipinski definition) is 4. The number of hydrogen-bond donors (Lipinski definition) is 0. The van der Waals surface area contributed by atoms with E-state index in [0.29, 0.717) is 5.82 Å². The molecule has 2 aromatic heterocycles. The lowest BCUT2D eigenvalue weighted by Crippen LogP contribution is -2.07. The molecule has 2 aromatic rings. The topological polar surface area (TPSA) is 59.2 Å². The lowest BCUT2D eigenvalue weighted by molar-refractivity contribution is 0.643. The fourth-order valence-electron chi connectivity index (χ4n) is 2.52. The van der Waals surface area contributed by atoms with Gasteiger partial charge in [-0.1, -0.05) is 6.08 Å². The Kier molecular flexibility index (Phi) is 4.06. The Morgan fingerprint density at radius 1 is 1.30 bits per heavy atom. The van der Waals surface area contributed by atoms with Gasteiger partial charge in [-0.15, -0.1) is 0 Å². The number of allylic oxidation sites excluding steroid dienone is 3. The molecule has 1 aliphatic carbocycles. The summed E-state index contributed by atoms with van der Waals surface area (Å²) in [5, 5.41) is 4.26. The summed E-state index contributed by atoms with van der Waals surface area (Å²) < 4.78 is 1.81. The van der Waals surface area contributed by atoms with Crippen molar-refractivity contribution in [2.75, 3.05) is 14.1 Å². The molecule has 0 saturated carbocycles. The van der Waals surface area contributed by atoms with Crippen LogP contribution in [0, 0.1) is 0 Å². The Hall–Kier alpha value is -2.76. The zero-order chi connectivity index (χ0) is 16.4. The van der Waals surface area contributed by atoms with E-state index in [2.05, 4.69) is 39.1 Å². The first-order chi connectivity index (χ1) is 11.0. The van der Waals surface area contributed by atoms with E-state index in [1.54, 1.807) is 12.7 Å². The molecule has 0 saturated heterocycles. The molecule has 1 aliphatic rings. The highest BCUT2D eigenvalue weighted by Gasteiger charge is 2.16. The van der Waals surface area contributed by atoms with E-state index in [9.17, 15) is 0 Å². The van der Waals surface area contributed by atoms with Gasteiger partial charge in [0.1, 0.15) is 6.33 Å². The minimum absolute atomic E-state index is 0.695. The molecule has 0 radical (unpaired) electrons. The van der Waals surface area contributed by atoms with Gasteiger partial charge in [0.05, 0.1) is 18.2 Å². The lowest BCUT2D eigenvalue weighted by atomic mass is 10.1. The molecule has 118 valence electrons. The van der Waals surface area contributed by atoms with E-state index in [-0.39, 0.29) is 0 Å². The van der Waals surface area contributed by atoms with Gasteiger partial charge in [-0.05, 0) is 30.6 Å². The van der Waals surface area contributed by atoms with E-state index >= 15 is 0 Å². The molecule has 0 atom stereocenters. The van der Waals surface area contributed by atoms with Crippen LogP contribution in [0.3, 0.4) is 0 Å². The maximum absolute atomic E-state index is 4.48. The third-order valence-corrected chi connectivity index (χ3v) is 3.68. The molecule has 3 rings (SSSR count). The van der Waals surface area contributed by atoms with Crippen LogP contribution >= 0.6 is 0 Å². The van der Waals surface area contributed by atoms with Crippen molar-refractivity contribution in [3.05, 3.63) is 41.6 Å². The van der Waals surface area contributed by atoms with E-state index in [0.717, 1.165) is 28.8 Å². The fraction of sp³-hybridized carbons (Fsp3) is 0.294. The zero-order valence-corrected chi connectivity index (χ0v) is 13.9.